The summed E-state index contributed by atoms with van der Waals surface area (Å²) in [5, 5.41) is 0. The Morgan fingerprint density at radius 3 is 2.29 bits per heavy atom. The predicted octanol–water partition coefficient (Wildman–Crippen LogP) is 3.80. The van der Waals surface area contributed by atoms with Crippen LogP contribution in [0.15, 0.2) is 30.5 Å². The highest BCUT2D eigenvalue weighted by Gasteiger charge is 2.43. The summed E-state index contributed by atoms with van der Waals surface area (Å²) in [7, 11) is 0. The Kier molecular flexibility index (Phi) is 4.35. The molecule has 1 saturated carbocycles. The maximum Gasteiger partial charge on any atom is 0.151 e. The van der Waals surface area contributed by atoms with Crippen LogP contribution in [0.3, 0.4) is 0 Å². The zero-order chi connectivity index (χ0) is 17.4. The monoisotopic (exact) mass is 321 g/mol. The largest absolute Gasteiger partial charge is 0.298 e. The van der Waals surface area contributed by atoms with Gasteiger partial charge >= 0.3 is 0 Å². The van der Waals surface area contributed by atoms with Gasteiger partial charge in [0, 0.05) is 24.2 Å². The molecule has 1 heterocycles. The molecule has 2 aromatic rings. The van der Waals surface area contributed by atoms with E-state index in [9.17, 15) is 9.59 Å². The molecule has 1 aromatic heterocycles. The fourth-order valence-electron chi connectivity index (χ4n) is 3.94. The molecule has 3 rings (SSSR count). The van der Waals surface area contributed by atoms with E-state index >= 15 is 0 Å². The average molecular weight is 321 g/mol. The lowest BCUT2D eigenvalue weighted by atomic mass is 9.86. The summed E-state index contributed by atoms with van der Waals surface area (Å²) in [6.45, 7) is 8.03. The van der Waals surface area contributed by atoms with Crippen molar-refractivity contribution in [1.82, 2.24) is 4.98 Å². The molecule has 1 aromatic carbocycles. The number of rotatable bonds is 3. The van der Waals surface area contributed by atoms with Gasteiger partial charge in [-0.05, 0) is 68.5 Å². The van der Waals surface area contributed by atoms with Gasteiger partial charge in [0.1, 0.15) is 11.7 Å². The van der Waals surface area contributed by atoms with Crippen LogP contribution in [0.5, 0.6) is 0 Å². The number of nitrogens with zero attached hydrogens (tertiary/aromatic N) is 1. The molecule has 2 unspecified atom stereocenters. The molecular formula is C21H23NO2. The van der Waals surface area contributed by atoms with Crippen LogP contribution < -0.4 is 0 Å². The van der Waals surface area contributed by atoms with Crippen LogP contribution in [0.1, 0.15) is 45.8 Å². The third-order valence-electron chi connectivity index (χ3n) is 4.91. The van der Waals surface area contributed by atoms with Crippen molar-refractivity contribution >= 4 is 11.6 Å². The first-order valence-electron chi connectivity index (χ1n) is 8.42. The van der Waals surface area contributed by atoms with Crippen LogP contribution in [0, 0.1) is 33.6 Å². The maximum atomic E-state index is 12.9. The molecule has 0 saturated heterocycles. The summed E-state index contributed by atoms with van der Waals surface area (Å²) in [6.07, 6.45) is 2.64. The number of hydrogen-bond acceptors (Lipinski definition) is 3. The molecule has 0 aliphatic heterocycles. The zero-order valence-electron chi connectivity index (χ0n) is 14.7. The van der Waals surface area contributed by atoms with Gasteiger partial charge in [-0.1, -0.05) is 17.7 Å². The van der Waals surface area contributed by atoms with Gasteiger partial charge in [-0.25, -0.2) is 0 Å². The predicted molar refractivity (Wildman–Crippen MR) is 94.2 cm³/mol. The third-order valence-corrected chi connectivity index (χ3v) is 4.91. The minimum atomic E-state index is -0.597. The summed E-state index contributed by atoms with van der Waals surface area (Å²) in [5.74, 6) is -0.747. The van der Waals surface area contributed by atoms with E-state index in [4.69, 9.17) is 0 Å². The van der Waals surface area contributed by atoms with Crippen molar-refractivity contribution in [3.05, 3.63) is 64.0 Å². The number of carbonyl (C=O) groups excluding carboxylic acids is 2. The fraction of sp³-hybridized carbons (Fsp3) is 0.381. The number of pyridine rings is 1. The lowest BCUT2D eigenvalue weighted by Crippen LogP contribution is -2.19. The Bertz CT molecular complexity index is 799. The molecule has 0 spiro atoms. The molecule has 1 fully saturated rings. The van der Waals surface area contributed by atoms with Crippen molar-refractivity contribution in [2.24, 2.45) is 5.92 Å². The van der Waals surface area contributed by atoms with Gasteiger partial charge in [-0.3, -0.25) is 14.6 Å². The van der Waals surface area contributed by atoms with Gasteiger partial charge in [-0.2, -0.15) is 0 Å². The number of benzene rings is 1. The lowest BCUT2D eigenvalue weighted by Gasteiger charge is -2.16. The summed E-state index contributed by atoms with van der Waals surface area (Å²) < 4.78 is 0. The molecular weight excluding hydrogens is 298 g/mol. The smallest absolute Gasteiger partial charge is 0.151 e. The van der Waals surface area contributed by atoms with Crippen LogP contribution >= 0.6 is 0 Å². The van der Waals surface area contributed by atoms with Crippen molar-refractivity contribution in [3.8, 4) is 0 Å². The number of aromatic nitrogens is 1. The van der Waals surface area contributed by atoms with Crippen molar-refractivity contribution in [3.63, 3.8) is 0 Å². The first kappa shape index (κ1) is 16.6. The molecule has 0 amide bonds. The van der Waals surface area contributed by atoms with Gasteiger partial charge in [0.05, 0.1) is 0 Å². The minimum Gasteiger partial charge on any atom is -0.298 e. The second-order valence-corrected chi connectivity index (χ2v) is 7.04. The van der Waals surface area contributed by atoms with Crippen LogP contribution in [-0.4, -0.2) is 16.6 Å². The number of aryl methyl sites for hydroxylation is 4. The Morgan fingerprint density at radius 2 is 1.67 bits per heavy atom. The van der Waals surface area contributed by atoms with E-state index in [1.54, 1.807) is 6.20 Å². The van der Waals surface area contributed by atoms with Crippen LogP contribution in [0.25, 0.3) is 0 Å². The second-order valence-electron chi connectivity index (χ2n) is 7.04. The number of ketones is 2. The molecule has 3 heteroatoms. The average Bonchev–Trinajstić information content (AvgIpc) is 2.74. The van der Waals surface area contributed by atoms with Gasteiger partial charge in [0.25, 0.3) is 0 Å². The molecule has 124 valence electrons. The summed E-state index contributed by atoms with van der Waals surface area (Å²) in [5.41, 5.74) is 6.15. The van der Waals surface area contributed by atoms with E-state index in [1.807, 2.05) is 39.8 Å². The normalized spacial score (nSPS) is 20.7. The zero-order valence-corrected chi connectivity index (χ0v) is 14.7. The molecule has 0 N–H and O–H groups in total. The topological polar surface area (TPSA) is 47.0 Å². The Labute approximate surface area is 143 Å². The lowest BCUT2D eigenvalue weighted by molar-refractivity contribution is -0.124. The highest BCUT2D eigenvalue weighted by Crippen LogP contribution is 2.37. The number of Topliss-reactive ketones (excluding diaryl/α,β-unsaturated/α-hetero) is 2. The van der Waals surface area contributed by atoms with Crippen LogP contribution in [0.4, 0.5) is 0 Å². The first-order chi connectivity index (χ1) is 11.4. The minimum absolute atomic E-state index is 0.0488. The quantitative estimate of drug-likeness (QED) is 0.808. The highest BCUT2D eigenvalue weighted by atomic mass is 16.2. The molecule has 1 aliphatic carbocycles. The third kappa shape index (κ3) is 3.03. The maximum absolute atomic E-state index is 12.9. The Morgan fingerprint density at radius 1 is 1.00 bits per heavy atom. The van der Waals surface area contributed by atoms with Crippen molar-refractivity contribution in [1.29, 1.82) is 0 Å². The molecule has 1 aliphatic rings. The van der Waals surface area contributed by atoms with E-state index in [2.05, 4.69) is 17.1 Å². The Balaban J connectivity index is 1.90. The van der Waals surface area contributed by atoms with E-state index in [1.165, 1.54) is 0 Å². The van der Waals surface area contributed by atoms with Crippen LogP contribution in [0.2, 0.25) is 0 Å². The first-order valence-corrected chi connectivity index (χ1v) is 8.42. The van der Waals surface area contributed by atoms with Crippen molar-refractivity contribution in [2.75, 3.05) is 0 Å². The standard InChI is InChI=1S/C21H23NO2/c1-12-5-6-22-17(9-12)10-16-11-18(23)20(21(16)24)19-14(3)7-13(2)8-15(19)4/h5-9,16,20H,10-11H2,1-4H3. The van der Waals surface area contributed by atoms with Crippen LogP contribution in [-0.2, 0) is 16.0 Å². The highest BCUT2D eigenvalue weighted by molar-refractivity contribution is 6.15. The molecule has 24 heavy (non-hydrogen) atoms. The second kappa shape index (κ2) is 6.31. The van der Waals surface area contributed by atoms with E-state index in [0.29, 0.717) is 12.8 Å². The number of hydrogen-bond donors (Lipinski definition) is 0. The van der Waals surface area contributed by atoms with E-state index in [0.717, 1.165) is 33.5 Å². The SMILES string of the molecule is Cc1ccnc(CC2CC(=O)C(c3c(C)cc(C)cc3C)C2=O)c1. The van der Waals surface area contributed by atoms with E-state index < -0.39 is 5.92 Å². The molecule has 2 atom stereocenters. The number of carbonyl (C=O) groups is 2. The summed E-state index contributed by atoms with van der Waals surface area (Å²) in [6, 6.07) is 8.04. The molecule has 0 bridgehead atoms. The molecule has 3 nitrogen and oxygen atoms in total. The summed E-state index contributed by atoms with van der Waals surface area (Å²) in [4.78, 5) is 29.9. The molecule has 0 radical (unpaired) electrons. The Hall–Kier alpha value is -2.29. The van der Waals surface area contributed by atoms with E-state index in [-0.39, 0.29) is 17.5 Å². The summed E-state index contributed by atoms with van der Waals surface area (Å²) >= 11 is 0. The van der Waals surface area contributed by atoms with Crippen molar-refractivity contribution < 1.29 is 9.59 Å². The van der Waals surface area contributed by atoms with Crippen molar-refractivity contribution in [2.45, 2.75) is 46.5 Å². The van der Waals surface area contributed by atoms with Gasteiger partial charge in [-0.15, -0.1) is 0 Å². The van der Waals surface area contributed by atoms with Gasteiger partial charge in [0.2, 0.25) is 0 Å². The van der Waals surface area contributed by atoms with Gasteiger partial charge < -0.3 is 0 Å². The fourth-order valence-corrected chi connectivity index (χ4v) is 3.94. The van der Waals surface area contributed by atoms with Gasteiger partial charge in [0.15, 0.2) is 5.78 Å².